The largest absolute Gasteiger partial charge is 0.338 e. The molecular weight excluding hydrogens is 525 g/mol. The summed E-state index contributed by atoms with van der Waals surface area (Å²) in [7, 11) is 0. The van der Waals surface area contributed by atoms with Gasteiger partial charge in [0.15, 0.2) is 11.0 Å². The fourth-order valence-electron chi connectivity index (χ4n) is 4.48. The first-order chi connectivity index (χ1) is 18.4. The molecule has 0 saturated carbocycles. The minimum atomic E-state index is -0.449. The normalized spacial score (nSPS) is 15.5. The molecule has 1 fully saturated rings. The van der Waals surface area contributed by atoms with Crippen LogP contribution in [0.25, 0.3) is 17.1 Å². The zero-order chi connectivity index (χ0) is 26.6. The molecule has 2 heterocycles. The van der Waals surface area contributed by atoms with Crippen LogP contribution in [-0.2, 0) is 4.79 Å². The van der Waals surface area contributed by atoms with Gasteiger partial charge in [0.2, 0.25) is 5.91 Å². The van der Waals surface area contributed by atoms with E-state index in [0.29, 0.717) is 41.2 Å². The second-order valence-electron chi connectivity index (χ2n) is 8.94. The number of amides is 2. The van der Waals surface area contributed by atoms with E-state index in [1.54, 1.807) is 21.9 Å². The molecule has 0 spiro atoms. The van der Waals surface area contributed by atoms with Crippen molar-refractivity contribution in [1.29, 1.82) is 0 Å². The number of hydrogen-bond acceptors (Lipinski definition) is 5. The predicted molar refractivity (Wildman–Crippen MR) is 146 cm³/mol. The van der Waals surface area contributed by atoms with E-state index in [4.69, 9.17) is 11.6 Å². The Morgan fingerprint density at radius 2 is 1.76 bits per heavy atom. The molecule has 194 valence electrons. The number of halogens is 2. The summed E-state index contributed by atoms with van der Waals surface area (Å²) in [5, 5.41) is 9.92. The highest BCUT2D eigenvalue weighted by Gasteiger charge is 2.31. The van der Waals surface area contributed by atoms with Gasteiger partial charge in [-0.2, -0.15) is 0 Å². The van der Waals surface area contributed by atoms with Crippen molar-refractivity contribution in [2.75, 3.05) is 25.4 Å². The Morgan fingerprint density at radius 3 is 2.50 bits per heavy atom. The van der Waals surface area contributed by atoms with E-state index in [-0.39, 0.29) is 23.6 Å². The van der Waals surface area contributed by atoms with Gasteiger partial charge in [0.05, 0.1) is 10.8 Å². The first-order valence-electron chi connectivity index (χ1n) is 12.1. The predicted octanol–water partition coefficient (Wildman–Crippen LogP) is 5.19. The minimum Gasteiger partial charge on any atom is -0.338 e. The molecule has 1 aliphatic heterocycles. The van der Waals surface area contributed by atoms with Crippen LogP contribution in [0, 0.1) is 5.82 Å². The molecule has 7 nitrogen and oxygen atoms in total. The molecule has 0 N–H and O–H groups in total. The molecule has 0 aliphatic carbocycles. The summed E-state index contributed by atoms with van der Waals surface area (Å²) in [4.78, 5) is 29.5. The monoisotopic (exact) mass is 549 g/mol. The van der Waals surface area contributed by atoms with Gasteiger partial charge in [0, 0.05) is 42.5 Å². The number of hydrogen-bond donors (Lipinski definition) is 0. The fourth-order valence-corrected chi connectivity index (χ4v) is 5.56. The van der Waals surface area contributed by atoms with Gasteiger partial charge in [0.25, 0.3) is 5.91 Å². The first-order valence-corrected chi connectivity index (χ1v) is 13.5. The Balaban J connectivity index is 1.29. The third-order valence-electron chi connectivity index (χ3n) is 6.40. The summed E-state index contributed by atoms with van der Waals surface area (Å²) in [5.74, 6) is 0.0197. The van der Waals surface area contributed by atoms with Crippen molar-refractivity contribution >= 4 is 35.2 Å². The van der Waals surface area contributed by atoms with Crippen molar-refractivity contribution in [3.63, 3.8) is 0 Å². The summed E-state index contributed by atoms with van der Waals surface area (Å²) < 4.78 is 15.5. The number of piperazine rings is 1. The van der Waals surface area contributed by atoms with E-state index in [9.17, 15) is 14.0 Å². The molecule has 1 aliphatic rings. The summed E-state index contributed by atoms with van der Waals surface area (Å²) in [5.41, 5.74) is 1.92. The lowest BCUT2D eigenvalue weighted by molar-refractivity contribution is -0.130. The van der Waals surface area contributed by atoms with Crippen LogP contribution in [0.4, 0.5) is 4.39 Å². The minimum absolute atomic E-state index is 0.0541. The van der Waals surface area contributed by atoms with Gasteiger partial charge in [-0.3, -0.25) is 14.2 Å². The summed E-state index contributed by atoms with van der Waals surface area (Å²) in [6.07, 6.45) is 0. The van der Waals surface area contributed by atoms with Crippen molar-refractivity contribution in [1.82, 2.24) is 24.6 Å². The zero-order valence-corrected chi connectivity index (χ0v) is 22.2. The van der Waals surface area contributed by atoms with E-state index >= 15 is 0 Å². The van der Waals surface area contributed by atoms with Crippen LogP contribution in [-0.4, -0.2) is 67.8 Å². The lowest BCUT2D eigenvalue weighted by Gasteiger charge is -2.40. The van der Waals surface area contributed by atoms with Gasteiger partial charge in [-0.1, -0.05) is 59.8 Å². The van der Waals surface area contributed by atoms with Crippen LogP contribution in [0.1, 0.15) is 17.3 Å². The smallest absolute Gasteiger partial charge is 0.254 e. The van der Waals surface area contributed by atoms with E-state index in [1.807, 2.05) is 60.0 Å². The van der Waals surface area contributed by atoms with E-state index in [2.05, 4.69) is 10.2 Å². The second kappa shape index (κ2) is 11.4. The van der Waals surface area contributed by atoms with Crippen LogP contribution in [0.3, 0.4) is 0 Å². The average Bonchev–Trinajstić information content (AvgIpc) is 3.35. The molecule has 1 unspecified atom stereocenters. The zero-order valence-electron chi connectivity index (χ0n) is 20.6. The molecule has 5 rings (SSSR count). The van der Waals surface area contributed by atoms with Gasteiger partial charge >= 0.3 is 0 Å². The second-order valence-corrected chi connectivity index (χ2v) is 10.3. The van der Waals surface area contributed by atoms with Crippen LogP contribution >= 0.6 is 23.4 Å². The number of rotatable bonds is 6. The van der Waals surface area contributed by atoms with E-state index in [0.717, 1.165) is 11.3 Å². The lowest BCUT2D eigenvalue weighted by atomic mass is 10.1. The Kier molecular flexibility index (Phi) is 7.76. The van der Waals surface area contributed by atoms with E-state index in [1.165, 1.54) is 30.0 Å². The third-order valence-corrected chi connectivity index (χ3v) is 7.64. The number of para-hydroxylation sites is 1. The maximum atomic E-state index is 13.6. The van der Waals surface area contributed by atoms with Gasteiger partial charge in [-0.15, -0.1) is 10.2 Å². The highest BCUT2D eigenvalue weighted by atomic mass is 35.5. The quantitative estimate of drug-likeness (QED) is 0.309. The van der Waals surface area contributed by atoms with Gasteiger partial charge in [0.1, 0.15) is 5.82 Å². The Morgan fingerprint density at radius 1 is 1.00 bits per heavy atom. The van der Waals surface area contributed by atoms with Crippen molar-refractivity contribution in [2.45, 2.75) is 18.1 Å². The number of carbonyl (C=O) groups is 2. The molecule has 1 aromatic heterocycles. The first kappa shape index (κ1) is 25.9. The highest BCUT2D eigenvalue weighted by molar-refractivity contribution is 7.99. The Labute approximate surface area is 229 Å². The molecule has 1 saturated heterocycles. The molecule has 4 aromatic rings. The molecular formula is C28H25ClFN5O2S. The molecule has 38 heavy (non-hydrogen) atoms. The van der Waals surface area contributed by atoms with Crippen molar-refractivity contribution < 1.29 is 14.0 Å². The molecule has 2 amide bonds. The van der Waals surface area contributed by atoms with Gasteiger partial charge < -0.3 is 9.80 Å². The summed E-state index contributed by atoms with van der Waals surface area (Å²) in [6, 6.07) is 22.6. The van der Waals surface area contributed by atoms with Crippen LogP contribution in [0.5, 0.6) is 0 Å². The Bertz CT molecular complexity index is 1460. The maximum absolute atomic E-state index is 13.6. The third kappa shape index (κ3) is 5.44. The van der Waals surface area contributed by atoms with Crippen molar-refractivity contribution in [2.24, 2.45) is 0 Å². The summed E-state index contributed by atoms with van der Waals surface area (Å²) >= 11 is 7.76. The van der Waals surface area contributed by atoms with Gasteiger partial charge in [-0.25, -0.2) is 4.39 Å². The molecule has 10 heteroatoms. The van der Waals surface area contributed by atoms with E-state index < -0.39 is 5.82 Å². The number of aromatic nitrogens is 3. The number of benzene rings is 3. The number of thioether (sulfide) groups is 1. The van der Waals surface area contributed by atoms with Crippen LogP contribution < -0.4 is 0 Å². The molecule has 3 aromatic carbocycles. The molecule has 0 bridgehead atoms. The van der Waals surface area contributed by atoms with Crippen molar-refractivity contribution in [3.8, 4) is 17.1 Å². The number of nitrogens with zero attached hydrogens (tertiary/aromatic N) is 5. The average molecular weight is 550 g/mol. The highest BCUT2D eigenvalue weighted by Crippen LogP contribution is 2.32. The lowest BCUT2D eigenvalue weighted by Crippen LogP contribution is -2.55. The SMILES string of the molecule is CC1CN(C(=O)CSc2nnc(-c3ccccc3Cl)n2-c2ccccc2)CCN1C(=O)c1cccc(F)c1. The number of carbonyl (C=O) groups excluding carboxylic acids is 2. The standard InChI is InChI=1S/C28H25ClFN5O2S/c1-19-17-33(14-15-34(19)27(37)20-8-7-9-21(30)16-20)25(36)18-38-28-32-31-26(23-12-5-6-13-24(23)29)35(28)22-10-3-2-4-11-22/h2-13,16,19H,14-15,17-18H2,1H3. The molecule has 0 radical (unpaired) electrons. The summed E-state index contributed by atoms with van der Waals surface area (Å²) in [6.45, 7) is 3.08. The van der Waals surface area contributed by atoms with Crippen molar-refractivity contribution in [3.05, 3.63) is 95.3 Å². The van der Waals surface area contributed by atoms with Crippen LogP contribution in [0.15, 0.2) is 84.0 Å². The maximum Gasteiger partial charge on any atom is 0.254 e. The van der Waals surface area contributed by atoms with Gasteiger partial charge in [-0.05, 0) is 49.4 Å². The Hall–Kier alpha value is -3.69. The fraction of sp³-hybridized carbons (Fsp3) is 0.214. The molecule has 1 atom stereocenters. The topological polar surface area (TPSA) is 71.3 Å². The van der Waals surface area contributed by atoms with Crippen LogP contribution in [0.2, 0.25) is 5.02 Å².